The van der Waals surface area contributed by atoms with Crippen molar-refractivity contribution < 1.29 is 0 Å². The van der Waals surface area contributed by atoms with Crippen LogP contribution in [-0.2, 0) is 0 Å². The van der Waals surface area contributed by atoms with Gasteiger partial charge in [-0.05, 0) is 54.3 Å². The molecule has 2 bridgehead atoms. The fraction of sp³-hybridized carbons (Fsp3) is 1.00. The zero-order chi connectivity index (χ0) is 10.5. The molecule has 0 radical (unpaired) electrons. The summed E-state index contributed by atoms with van der Waals surface area (Å²) >= 11 is 0. The quantitative estimate of drug-likeness (QED) is 0.582. The molecule has 0 aromatic rings. The second-order valence-corrected chi connectivity index (χ2v) is 7.11. The zero-order valence-corrected chi connectivity index (χ0v) is 10.5. The van der Waals surface area contributed by atoms with Crippen LogP contribution in [0, 0.1) is 35.0 Å². The maximum absolute atomic E-state index is 2.43. The fourth-order valence-electron chi connectivity index (χ4n) is 4.20. The molecule has 0 heterocycles. The molecule has 2 aliphatic carbocycles. The number of rotatable bonds is 1. The van der Waals surface area contributed by atoms with Gasteiger partial charge in [0.25, 0.3) is 0 Å². The molecule has 2 saturated carbocycles. The van der Waals surface area contributed by atoms with Crippen LogP contribution in [0.1, 0.15) is 53.9 Å². The average Bonchev–Trinajstić information content (AvgIpc) is 2.58. The molecular formula is C14H26. The minimum atomic E-state index is 0.557. The number of fused-ring (bicyclic) bond motifs is 2. The van der Waals surface area contributed by atoms with Crippen molar-refractivity contribution in [1.29, 1.82) is 0 Å². The van der Waals surface area contributed by atoms with Crippen molar-refractivity contribution in [2.24, 2.45) is 35.0 Å². The molecule has 2 aliphatic rings. The third kappa shape index (κ3) is 1.61. The lowest BCUT2D eigenvalue weighted by Crippen LogP contribution is -2.29. The van der Waals surface area contributed by atoms with Gasteiger partial charge in [-0.2, -0.15) is 0 Å². The second-order valence-electron chi connectivity index (χ2n) is 7.11. The van der Waals surface area contributed by atoms with Gasteiger partial charge in [0.15, 0.2) is 0 Å². The van der Waals surface area contributed by atoms with E-state index in [2.05, 4.69) is 34.6 Å². The number of hydrogen-bond donors (Lipinski definition) is 0. The van der Waals surface area contributed by atoms with Gasteiger partial charge in [-0.15, -0.1) is 0 Å². The first-order valence-corrected chi connectivity index (χ1v) is 6.39. The van der Waals surface area contributed by atoms with Gasteiger partial charge in [-0.1, -0.05) is 34.6 Å². The van der Waals surface area contributed by atoms with E-state index in [1.165, 1.54) is 12.8 Å². The van der Waals surface area contributed by atoms with Crippen LogP contribution in [0.5, 0.6) is 0 Å². The highest BCUT2D eigenvalue weighted by molar-refractivity contribution is 4.99. The topological polar surface area (TPSA) is 0 Å². The Hall–Kier alpha value is 0. The van der Waals surface area contributed by atoms with Gasteiger partial charge in [-0.25, -0.2) is 0 Å². The van der Waals surface area contributed by atoms with E-state index in [-0.39, 0.29) is 0 Å². The van der Waals surface area contributed by atoms with E-state index in [9.17, 15) is 0 Å². The lowest BCUT2D eigenvalue weighted by atomic mass is 9.68. The molecular weight excluding hydrogens is 168 g/mol. The van der Waals surface area contributed by atoms with Crippen LogP contribution < -0.4 is 0 Å². The normalized spacial score (nSPS) is 42.4. The van der Waals surface area contributed by atoms with E-state index in [0.717, 1.165) is 29.6 Å². The fourth-order valence-corrected chi connectivity index (χ4v) is 4.20. The van der Waals surface area contributed by atoms with E-state index >= 15 is 0 Å². The maximum Gasteiger partial charge on any atom is -0.0334 e. The van der Waals surface area contributed by atoms with Gasteiger partial charge in [0.05, 0.1) is 0 Å². The summed E-state index contributed by atoms with van der Waals surface area (Å²) in [4.78, 5) is 0. The Kier molecular flexibility index (Phi) is 2.44. The van der Waals surface area contributed by atoms with E-state index < -0.39 is 0 Å². The summed E-state index contributed by atoms with van der Waals surface area (Å²) < 4.78 is 0. The van der Waals surface area contributed by atoms with Gasteiger partial charge < -0.3 is 0 Å². The third-order valence-corrected chi connectivity index (χ3v) is 4.88. The summed E-state index contributed by atoms with van der Waals surface area (Å²) in [5.74, 6) is 5.13. The second kappa shape index (κ2) is 3.25. The van der Waals surface area contributed by atoms with Crippen molar-refractivity contribution >= 4 is 0 Å². The van der Waals surface area contributed by atoms with Crippen LogP contribution in [0.4, 0.5) is 0 Å². The smallest absolute Gasteiger partial charge is 0.0334 e. The third-order valence-electron chi connectivity index (χ3n) is 4.88. The molecule has 0 aromatic carbocycles. The predicted molar refractivity (Wildman–Crippen MR) is 62.1 cm³/mol. The molecule has 0 spiro atoms. The maximum atomic E-state index is 2.43. The van der Waals surface area contributed by atoms with Crippen molar-refractivity contribution in [2.45, 2.75) is 53.9 Å². The molecule has 0 aromatic heterocycles. The van der Waals surface area contributed by atoms with Crippen LogP contribution in [0.2, 0.25) is 0 Å². The summed E-state index contributed by atoms with van der Waals surface area (Å²) in [6.45, 7) is 12.1. The van der Waals surface area contributed by atoms with E-state index in [0.29, 0.717) is 5.41 Å². The first kappa shape index (κ1) is 10.5. The highest BCUT2D eigenvalue weighted by Gasteiger charge is 2.49. The molecule has 2 fully saturated rings. The van der Waals surface area contributed by atoms with Crippen molar-refractivity contribution in [2.75, 3.05) is 0 Å². The largest absolute Gasteiger partial charge is 0.0625 e. The van der Waals surface area contributed by atoms with Crippen molar-refractivity contribution in [3.05, 3.63) is 0 Å². The molecule has 0 nitrogen and oxygen atoms in total. The Bertz CT molecular complexity index is 209. The Morgan fingerprint density at radius 3 is 1.93 bits per heavy atom. The minimum absolute atomic E-state index is 0.557. The minimum Gasteiger partial charge on any atom is -0.0625 e. The van der Waals surface area contributed by atoms with Crippen molar-refractivity contribution in [1.82, 2.24) is 0 Å². The molecule has 0 amide bonds. The molecule has 4 atom stereocenters. The van der Waals surface area contributed by atoms with Gasteiger partial charge in [0.1, 0.15) is 0 Å². The zero-order valence-electron chi connectivity index (χ0n) is 10.5. The number of hydrogen-bond acceptors (Lipinski definition) is 0. The lowest BCUT2D eigenvalue weighted by Gasteiger charge is -2.37. The first-order valence-electron chi connectivity index (χ1n) is 6.39. The molecule has 2 rings (SSSR count). The molecule has 82 valence electrons. The lowest BCUT2D eigenvalue weighted by molar-refractivity contribution is 0.119. The standard InChI is InChI=1S/C14H26/c1-9(2)12-7-11-6-10(12)8-13(11)14(3,4)5/h9-13H,6-8H2,1-5H3. The van der Waals surface area contributed by atoms with Crippen LogP contribution in [-0.4, -0.2) is 0 Å². The van der Waals surface area contributed by atoms with E-state index in [4.69, 9.17) is 0 Å². The molecule has 4 unspecified atom stereocenters. The first-order chi connectivity index (χ1) is 6.39. The van der Waals surface area contributed by atoms with E-state index in [1.807, 2.05) is 0 Å². The molecule has 0 heteroatoms. The summed E-state index contributed by atoms with van der Waals surface area (Å²) in [7, 11) is 0. The van der Waals surface area contributed by atoms with Crippen molar-refractivity contribution in [3.8, 4) is 0 Å². The van der Waals surface area contributed by atoms with Gasteiger partial charge in [-0.3, -0.25) is 0 Å². The Morgan fingerprint density at radius 2 is 1.57 bits per heavy atom. The van der Waals surface area contributed by atoms with Crippen LogP contribution in [0.3, 0.4) is 0 Å². The SMILES string of the molecule is CC(C)C1CC2CC1CC2C(C)(C)C. The van der Waals surface area contributed by atoms with Crippen LogP contribution in [0.25, 0.3) is 0 Å². The average molecular weight is 194 g/mol. The predicted octanol–water partition coefficient (Wildman–Crippen LogP) is 4.35. The summed E-state index contributed by atoms with van der Waals surface area (Å²) in [6, 6.07) is 0. The van der Waals surface area contributed by atoms with Gasteiger partial charge in [0, 0.05) is 0 Å². The summed E-state index contributed by atoms with van der Waals surface area (Å²) in [6.07, 6.45) is 4.60. The Labute approximate surface area is 89.5 Å². The highest BCUT2D eigenvalue weighted by atomic mass is 14.5. The molecule has 0 aliphatic heterocycles. The summed E-state index contributed by atoms with van der Waals surface area (Å²) in [5, 5.41) is 0. The van der Waals surface area contributed by atoms with Gasteiger partial charge >= 0.3 is 0 Å². The highest BCUT2D eigenvalue weighted by Crippen LogP contribution is 2.58. The molecule has 14 heavy (non-hydrogen) atoms. The van der Waals surface area contributed by atoms with Gasteiger partial charge in [0.2, 0.25) is 0 Å². The Balaban J connectivity index is 2.03. The Morgan fingerprint density at radius 1 is 0.929 bits per heavy atom. The monoisotopic (exact) mass is 194 g/mol. The van der Waals surface area contributed by atoms with Crippen LogP contribution in [0.15, 0.2) is 0 Å². The van der Waals surface area contributed by atoms with Crippen molar-refractivity contribution in [3.63, 3.8) is 0 Å². The molecule has 0 N–H and O–H groups in total. The summed E-state index contributed by atoms with van der Waals surface area (Å²) in [5.41, 5.74) is 0.557. The van der Waals surface area contributed by atoms with Crippen LogP contribution >= 0.6 is 0 Å². The van der Waals surface area contributed by atoms with E-state index in [1.54, 1.807) is 6.42 Å². The molecule has 0 saturated heterocycles.